The highest BCUT2D eigenvalue weighted by Crippen LogP contribution is 2.25. The number of rotatable bonds is 9. The van der Waals surface area contributed by atoms with E-state index >= 15 is 0 Å². The predicted molar refractivity (Wildman–Crippen MR) is 84.9 cm³/mol. The van der Waals surface area contributed by atoms with Crippen LogP contribution in [-0.2, 0) is 24.7 Å². The minimum Gasteiger partial charge on any atom is -0.482 e. The number of hydrogen-bond donors (Lipinski definition) is 4. The SMILES string of the molecule is Nc1ccc(OCC(=O)NCCS(=O)(=O)CCO)c(S(=O)(=O)O)c1. The minimum absolute atomic E-state index is 0.0773. The smallest absolute Gasteiger partial charge is 0.298 e. The second-order valence-corrected chi connectivity index (χ2v) is 8.39. The van der Waals surface area contributed by atoms with Gasteiger partial charge in [0.1, 0.15) is 10.6 Å². The minimum atomic E-state index is -4.59. The fourth-order valence-corrected chi connectivity index (χ4v) is 3.19. The third-order valence-corrected chi connectivity index (χ3v) is 5.25. The Morgan fingerprint density at radius 3 is 2.46 bits per heavy atom. The topological polar surface area (TPSA) is 173 Å². The first kappa shape index (κ1) is 20.2. The number of nitrogen functional groups attached to an aromatic ring is 1. The van der Waals surface area contributed by atoms with Crippen LogP contribution in [0.2, 0.25) is 0 Å². The van der Waals surface area contributed by atoms with Gasteiger partial charge in [0.15, 0.2) is 16.4 Å². The molecule has 10 nitrogen and oxygen atoms in total. The molecule has 136 valence electrons. The summed E-state index contributed by atoms with van der Waals surface area (Å²) in [4.78, 5) is 11.0. The van der Waals surface area contributed by atoms with E-state index in [0.29, 0.717) is 0 Å². The zero-order valence-electron chi connectivity index (χ0n) is 12.5. The molecule has 1 amide bonds. The Bertz CT molecular complexity index is 789. The first-order valence-corrected chi connectivity index (χ1v) is 9.89. The van der Waals surface area contributed by atoms with Gasteiger partial charge in [0.25, 0.3) is 16.0 Å². The Labute approximate surface area is 139 Å². The number of carbonyl (C=O) groups is 1. The molecule has 0 aromatic heterocycles. The first-order valence-electron chi connectivity index (χ1n) is 6.63. The molecule has 0 aliphatic rings. The maximum Gasteiger partial charge on any atom is 0.298 e. The van der Waals surface area contributed by atoms with Gasteiger partial charge < -0.3 is 20.9 Å². The Kier molecular flexibility index (Phi) is 6.95. The van der Waals surface area contributed by atoms with Crippen molar-refractivity contribution in [2.45, 2.75) is 4.90 Å². The van der Waals surface area contributed by atoms with E-state index in [9.17, 15) is 21.6 Å². The number of sulfone groups is 1. The van der Waals surface area contributed by atoms with Crippen LogP contribution < -0.4 is 15.8 Å². The molecule has 0 unspecified atom stereocenters. The lowest BCUT2D eigenvalue weighted by Crippen LogP contribution is -2.33. The summed E-state index contributed by atoms with van der Waals surface area (Å²) in [6, 6.07) is 3.48. The predicted octanol–water partition coefficient (Wildman–Crippen LogP) is -1.58. The number of ether oxygens (including phenoxy) is 1. The Morgan fingerprint density at radius 1 is 1.21 bits per heavy atom. The maximum absolute atomic E-state index is 11.6. The molecule has 1 aromatic rings. The molecule has 1 aromatic carbocycles. The van der Waals surface area contributed by atoms with Crippen molar-refractivity contribution < 1.29 is 36.0 Å². The highest BCUT2D eigenvalue weighted by atomic mass is 32.2. The van der Waals surface area contributed by atoms with Crippen molar-refractivity contribution in [2.24, 2.45) is 0 Å². The summed E-state index contributed by atoms with van der Waals surface area (Å²) in [5.41, 5.74) is 5.50. The second kappa shape index (κ2) is 8.28. The number of nitrogens with one attached hydrogen (secondary N) is 1. The molecular formula is C12H18N2O8S2. The lowest BCUT2D eigenvalue weighted by molar-refractivity contribution is -0.123. The molecule has 0 radical (unpaired) electrons. The van der Waals surface area contributed by atoms with Crippen LogP contribution in [0.25, 0.3) is 0 Å². The molecule has 1 rings (SSSR count). The van der Waals surface area contributed by atoms with Crippen LogP contribution in [0.1, 0.15) is 0 Å². The molecule has 12 heteroatoms. The van der Waals surface area contributed by atoms with Crippen molar-refractivity contribution in [3.63, 3.8) is 0 Å². The first-order chi connectivity index (χ1) is 11.0. The van der Waals surface area contributed by atoms with Crippen molar-refractivity contribution in [3.8, 4) is 5.75 Å². The van der Waals surface area contributed by atoms with Gasteiger partial charge in [0, 0.05) is 12.2 Å². The zero-order chi connectivity index (χ0) is 18.4. The van der Waals surface area contributed by atoms with Crippen LogP contribution in [0.5, 0.6) is 5.75 Å². The summed E-state index contributed by atoms with van der Waals surface area (Å²) in [5, 5.41) is 10.8. The van der Waals surface area contributed by atoms with Crippen molar-refractivity contribution in [1.29, 1.82) is 0 Å². The molecule has 0 saturated heterocycles. The van der Waals surface area contributed by atoms with Crippen LogP contribution in [0, 0.1) is 0 Å². The van der Waals surface area contributed by atoms with E-state index in [2.05, 4.69) is 5.32 Å². The van der Waals surface area contributed by atoms with E-state index in [0.717, 1.165) is 6.07 Å². The Morgan fingerprint density at radius 2 is 1.88 bits per heavy atom. The van der Waals surface area contributed by atoms with Crippen molar-refractivity contribution >= 4 is 31.5 Å². The number of amides is 1. The summed E-state index contributed by atoms with van der Waals surface area (Å²) < 4.78 is 59.2. The van der Waals surface area contributed by atoms with Gasteiger partial charge in [-0.1, -0.05) is 0 Å². The average molecular weight is 382 g/mol. The third kappa shape index (κ3) is 6.70. The van der Waals surface area contributed by atoms with E-state index in [-0.39, 0.29) is 23.7 Å². The number of nitrogens with two attached hydrogens (primary N) is 1. The van der Waals surface area contributed by atoms with Crippen molar-refractivity contribution in [3.05, 3.63) is 18.2 Å². The largest absolute Gasteiger partial charge is 0.482 e. The van der Waals surface area contributed by atoms with Gasteiger partial charge in [-0.05, 0) is 18.2 Å². The number of hydrogen-bond acceptors (Lipinski definition) is 8. The molecule has 0 aliphatic carbocycles. The molecule has 0 spiro atoms. The molecule has 5 N–H and O–H groups in total. The van der Waals surface area contributed by atoms with Gasteiger partial charge >= 0.3 is 0 Å². The highest BCUT2D eigenvalue weighted by molar-refractivity contribution is 7.91. The van der Waals surface area contributed by atoms with Gasteiger partial charge in [-0.25, -0.2) is 8.42 Å². The standard InChI is InChI=1S/C12H18N2O8S2/c13-9-1-2-10(11(7-9)24(19,20)21)22-8-12(16)14-3-5-23(17,18)6-4-15/h1-2,7,15H,3-6,8,13H2,(H,14,16)(H,19,20,21). The lowest BCUT2D eigenvalue weighted by atomic mass is 10.3. The van der Waals surface area contributed by atoms with Crippen molar-refractivity contribution in [1.82, 2.24) is 5.32 Å². The van der Waals surface area contributed by atoms with Gasteiger partial charge in [0.2, 0.25) is 0 Å². The molecule has 0 atom stereocenters. The van der Waals surface area contributed by atoms with Gasteiger partial charge in [0.05, 0.1) is 18.1 Å². The molecule has 0 bridgehead atoms. The van der Waals surface area contributed by atoms with E-state index in [4.69, 9.17) is 20.1 Å². The lowest BCUT2D eigenvalue weighted by Gasteiger charge is -2.10. The molecular weight excluding hydrogens is 364 g/mol. The quantitative estimate of drug-likeness (QED) is 0.290. The van der Waals surface area contributed by atoms with Gasteiger partial charge in [-0.3, -0.25) is 9.35 Å². The van der Waals surface area contributed by atoms with E-state index in [1.54, 1.807) is 0 Å². The zero-order valence-corrected chi connectivity index (χ0v) is 14.1. The fourth-order valence-electron chi connectivity index (χ4n) is 1.63. The molecule has 0 saturated carbocycles. The monoisotopic (exact) mass is 382 g/mol. The van der Waals surface area contributed by atoms with Crippen molar-refractivity contribution in [2.75, 3.05) is 37.0 Å². The van der Waals surface area contributed by atoms with Crippen LogP contribution in [0.3, 0.4) is 0 Å². The maximum atomic E-state index is 11.6. The average Bonchev–Trinajstić information content (AvgIpc) is 2.44. The summed E-state index contributed by atoms with van der Waals surface area (Å²) in [6.45, 7) is -1.28. The molecule has 0 heterocycles. The van der Waals surface area contributed by atoms with Crippen LogP contribution in [-0.4, -0.2) is 63.7 Å². The summed E-state index contributed by atoms with van der Waals surface area (Å²) in [7, 11) is -8.04. The number of aliphatic hydroxyl groups is 1. The third-order valence-electron chi connectivity index (χ3n) is 2.74. The number of anilines is 1. The Balaban J connectivity index is 2.60. The van der Waals surface area contributed by atoms with E-state index in [1.807, 2.05) is 0 Å². The molecule has 0 fully saturated rings. The normalized spacial score (nSPS) is 11.9. The highest BCUT2D eigenvalue weighted by Gasteiger charge is 2.18. The summed E-state index contributed by atoms with van der Waals surface area (Å²) in [6.07, 6.45) is 0. The number of carbonyl (C=O) groups excluding carboxylic acids is 1. The van der Waals surface area contributed by atoms with Gasteiger partial charge in [-0.2, -0.15) is 8.42 Å². The second-order valence-electron chi connectivity index (χ2n) is 4.70. The summed E-state index contributed by atoms with van der Waals surface area (Å²) >= 11 is 0. The fraction of sp³-hybridized carbons (Fsp3) is 0.417. The Hall–Kier alpha value is -1.89. The van der Waals surface area contributed by atoms with E-state index in [1.165, 1.54) is 12.1 Å². The molecule has 0 aliphatic heterocycles. The van der Waals surface area contributed by atoms with Crippen LogP contribution in [0.15, 0.2) is 23.1 Å². The van der Waals surface area contributed by atoms with Crippen LogP contribution >= 0.6 is 0 Å². The number of aliphatic hydroxyl groups excluding tert-OH is 1. The molecule has 24 heavy (non-hydrogen) atoms. The summed E-state index contributed by atoms with van der Waals surface area (Å²) in [5.74, 6) is -1.71. The van der Waals surface area contributed by atoms with Crippen LogP contribution in [0.4, 0.5) is 5.69 Å². The van der Waals surface area contributed by atoms with Gasteiger partial charge in [-0.15, -0.1) is 0 Å². The number of benzene rings is 1. The van der Waals surface area contributed by atoms with E-state index < -0.39 is 49.7 Å².